The third kappa shape index (κ3) is 2.29. The molecule has 1 N–H and O–H groups in total. The number of para-hydroxylation sites is 1. The summed E-state index contributed by atoms with van der Waals surface area (Å²) >= 11 is 6.93. The van der Waals surface area contributed by atoms with E-state index >= 15 is 0 Å². The van der Waals surface area contributed by atoms with E-state index in [1.54, 1.807) is 11.8 Å². The summed E-state index contributed by atoms with van der Waals surface area (Å²) < 4.78 is 24.2. The minimum atomic E-state index is -2.87. The van der Waals surface area contributed by atoms with Gasteiger partial charge in [-0.2, -0.15) is 0 Å². The van der Waals surface area contributed by atoms with Crippen LogP contribution >= 0.6 is 24.0 Å². The molecule has 1 aromatic carbocycles. The van der Waals surface area contributed by atoms with Crippen molar-refractivity contribution in [3.8, 4) is 0 Å². The van der Waals surface area contributed by atoms with Gasteiger partial charge in [-0.25, -0.2) is 8.42 Å². The summed E-state index contributed by atoms with van der Waals surface area (Å²) in [5, 5.41) is 3.52. The van der Waals surface area contributed by atoms with Crippen LogP contribution in [0.4, 0.5) is 5.69 Å². The summed E-state index contributed by atoms with van der Waals surface area (Å²) in [6.45, 7) is 0. The van der Waals surface area contributed by atoms with Crippen LogP contribution in [0.3, 0.4) is 0 Å². The van der Waals surface area contributed by atoms with Gasteiger partial charge in [0, 0.05) is 16.9 Å². The molecule has 1 aromatic rings. The molecule has 0 aliphatic carbocycles. The fraction of sp³-hybridized carbons (Fsp3) is 0.417. The van der Waals surface area contributed by atoms with Crippen molar-refractivity contribution in [2.75, 3.05) is 16.8 Å². The molecule has 0 saturated carbocycles. The fourth-order valence-electron chi connectivity index (χ4n) is 2.55. The second-order valence-corrected chi connectivity index (χ2v) is 8.84. The zero-order valence-electron chi connectivity index (χ0n) is 9.57. The lowest BCUT2D eigenvalue weighted by molar-refractivity contribution is 0.588. The van der Waals surface area contributed by atoms with E-state index in [9.17, 15) is 8.42 Å². The molecule has 2 fully saturated rings. The molecule has 96 valence electrons. The number of fused-ring (bicyclic) bond motifs is 1. The zero-order valence-corrected chi connectivity index (χ0v) is 12.0. The summed E-state index contributed by atoms with van der Waals surface area (Å²) in [6, 6.07) is 9.81. The standard InChI is InChI=1S/C12H13NO2S3/c14-18(15)6-9-10(7-18)17-12(16)11(9)13-8-4-2-1-3-5-8/h1-5,9-11,13H,6-7H2/t9-,10-,11-/m0/s1. The van der Waals surface area contributed by atoms with Gasteiger partial charge in [0.25, 0.3) is 0 Å². The Kier molecular flexibility index (Phi) is 3.11. The number of nitrogens with one attached hydrogen (secondary N) is 1. The molecule has 0 bridgehead atoms. The maximum atomic E-state index is 11.7. The molecule has 2 aliphatic rings. The van der Waals surface area contributed by atoms with Crippen molar-refractivity contribution in [1.29, 1.82) is 0 Å². The number of thioether (sulfide) groups is 1. The maximum Gasteiger partial charge on any atom is 0.151 e. The largest absolute Gasteiger partial charge is 0.376 e. The monoisotopic (exact) mass is 299 g/mol. The van der Waals surface area contributed by atoms with Crippen molar-refractivity contribution in [3.63, 3.8) is 0 Å². The molecular weight excluding hydrogens is 286 g/mol. The average molecular weight is 299 g/mol. The van der Waals surface area contributed by atoms with E-state index in [2.05, 4.69) is 5.32 Å². The van der Waals surface area contributed by atoms with E-state index in [1.807, 2.05) is 30.3 Å². The van der Waals surface area contributed by atoms with Crippen LogP contribution in [-0.2, 0) is 9.84 Å². The lowest BCUT2D eigenvalue weighted by Gasteiger charge is -2.19. The molecule has 0 amide bonds. The highest BCUT2D eigenvalue weighted by atomic mass is 32.2. The van der Waals surface area contributed by atoms with E-state index in [4.69, 9.17) is 12.2 Å². The van der Waals surface area contributed by atoms with E-state index < -0.39 is 9.84 Å². The highest BCUT2D eigenvalue weighted by Crippen LogP contribution is 2.42. The highest BCUT2D eigenvalue weighted by Gasteiger charge is 2.49. The van der Waals surface area contributed by atoms with E-state index in [0.717, 1.165) is 9.88 Å². The van der Waals surface area contributed by atoms with Crippen molar-refractivity contribution < 1.29 is 8.42 Å². The summed E-state index contributed by atoms with van der Waals surface area (Å²) in [7, 11) is -2.87. The summed E-state index contributed by atoms with van der Waals surface area (Å²) in [6.07, 6.45) is 0. The molecule has 0 aromatic heterocycles. The number of benzene rings is 1. The molecule has 0 spiro atoms. The first kappa shape index (κ1) is 12.4. The Bertz CT molecular complexity index is 570. The second-order valence-electron chi connectivity index (χ2n) is 4.70. The van der Waals surface area contributed by atoms with Crippen molar-refractivity contribution >= 4 is 43.7 Å². The lowest BCUT2D eigenvalue weighted by Crippen LogP contribution is -2.32. The quantitative estimate of drug-likeness (QED) is 0.846. The third-order valence-electron chi connectivity index (χ3n) is 3.39. The minimum Gasteiger partial charge on any atom is -0.376 e. The van der Waals surface area contributed by atoms with Gasteiger partial charge in [-0.3, -0.25) is 0 Å². The van der Waals surface area contributed by atoms with Crippen molar-refractivity contribution in [3.05, 3.63) is 30.3 Å². The van der Waals surface area contributed by atoms with E-state index in [1.165, 1.54) is 0 Å². The predicted octanol–water partition coefficient (Wildman–Crippen LogP) is 1.95. The molecule has 3 atom stereocenters. The van der Waals surface area contributed by atoms with Gasteiger partial charge in [-0.1, -0.05) is 30.4 Å². The maximum absolute atomic E-state index is 11.7. The molecule has 18 heavy (non-hydrogen) atoms. The van der Waals surface area contributed by atoms with Gasteiger partial charge in [-0.15, -0.1) is 11.8 Å². The molecule has 3 nitrogen and oxygen atoms in total. The summed E-state index contributed by atoms with van der Waals surface area (Å²) in [5.74, 6) is 0.651. The van der Waals surface area contributed by atoms with Gasteiger partial charge < -0.3 is 5.32 Å². The summed E-state index contributed by atoms with van der Waals surface area (Å²) in [5.41, 5.74) is 0.996. The van der Waals surface area contributed by atoms with Gasteiger partial charge >= 0.3 is 0 Å². The lowest BCUT2D eigenvalue weighted by atomic mass is 10.0. The highest BCUT2D eigenvalue weighted by molar-refractivity contribution is 8.24. The molecule has 2 aliphatic heterocycles. The number of hydrogen-bond acceptors (Lipinski definition) is 5. The van der Waals surface area contributed by atoms with Gasteiger partial charge in [0.15, 0.2) is 9.84 Å². The number of thiocarbonyl (C=S) groups is 1. The molecule has 3 rings (SSSR count). The Balaban J connectivity index is 1.82. The van der Waals surface area contributed by atoms with Crippen LogP contribution in [0.2, 0.25) is 0 Å². The van der Waals surface area contributed by atoms with E-state index in [0.29, 0.717) is 0 Å². The summed E-state index contributed by atoms with van der Waals surface area (Å²) in [4.78, 5) is 0. The van der Waals surface area contributed by atoms with Gasteiger partial charge in [-0.05, 0) is 12.1 Å². The number of rotatable bonds is 2. The Morgan fingerprint density at radius 2 is 1.94 bits per heavy atom. The molecule has 0 unspecified atom stereocenters. The zero-order chi connectivity index (χ0) is 12.8. The van der Waals surface area contributed by atoms with Crippen LogP contribution in [-0.4, -0.2) is 35.4 Å². The minimum absolute atomic E-state index is 0.00493. The first-order valence-electron chi connectivity index (χ1n) is 5.78. The van der Waals surface area contributed by atoms with Crippen LogP contribution in [0.25, 0.3) is 0 Å². The topological polar surface area (TPSA) is 46.2 Å². The van der Waals surface area contributed by atoms with Crippen molar-refractivity contribution in [1.82, 2.24) is 0 Å². The first-order valence-corrected chi connectivity index (χ1v) is 8.89. The van der Waals surface area contributed by atoms with Gasteiger partial charge in [0.1, 0.15) is 0 Å². The van der Waals surface area contributed by atoms with E-state index in [-0.39, 0.29) is 28.7 Å². The van der Waals surface area contributed by atoms with Crippen molar-refractivity contribution in [2.24, 2.45) is 5.92 Å². The first-order chi connectivity index (χ1) is 8.55. The number of anilines is 1. The van der Waals surface area contributed by atoms with Crippen LogP contribution < -0.4 is 5.32 Å². The molecule has 2 saturated heterocycles. The van der Waals surface area contributed by atoms with Crippen LogP contribution in [0.5, 0.6) is 0 Å². The van der Waals surface area contributed by atoms with Crippen molar-refractivity contribution in [2.45, 2.75) is 11.3 Å². The van der Waals surface area contributed by atoms with Crippen LogP contribution in [0.15, 0.2) is 30.3 Å². The SMILES string of the molecule is O=S1(=O)C[C@H]2[C@H](C1)SC(=S)[C@H]2Nc1ccccc1. The van der Waals surface area contributed by atoms with Gasteiger partial charge in [0.2, 0.25) is 0 Å². The normalized spacial score (nSPS) is 33.3. The molecule has 2 heterocycles. The smallest absolute Gasteiger partial charge is 0.151 e. The molecule has 0 radical (unpaired) electrons. The number of hydrogen-bond donors (Lipinski definition) is 1. The Morgan fingerprint density at radius 1 is 1.22 bits per heavy atom. The predicted molar refractivity (Wildman–Crippen MR) is 80.0 cm³/mol. The fourth-order valence-corrected chi connectivity index (χ4v) is 7.17. The molecule has 6 heteroatoms. The second kappa shape index (κ2) is 4.51. The van der Waals surface area contributed by atoms with Crippen LogP contribution in [0.1, 0.15) is 0 Å². The Hall–Kier alpha value is -0.590. The molecular formula is C12H13NO2S3. The Morgan fingerprint density at radius 3 is 2.67 bits per heavy atom. The number of sulfone groups is 1. The third-order valence-corrected chi connectivity index (χ3v) is 7.21. The Labute approximate surface area is 116 Å². The van der Waals surface area contributed by atoms with Crippen LogP contribution in [0, 0.1) is 5.92 Å². The van der Waals surface area contributed by atoms with Gasteiger partial charge in [0.05, 0.1) is 21.7 Å². The average Bonchev–Trinajstić information content (AvgIpc) is 2.74.